The summed E-state index contributed by atoms with van der Waals surface area (Å²) in [5.41, 5.74) is 0.943. The van der Waals surface area contributed by atoms with Gasteiger partial charge in [-0.25, -0.2) is 0 Å². The molecule has 148 valence electrons. The van der Waals surface area contributed by atoms with E-state index in [2.05, 4.69) is 15.4 Å². The summed E-state index contributed by atoms with van der Waals surface area (Å²) in [4.78, 5) is 29.0. The average molecular weight is 382 g/mol. The third-order valence-corrected chi connectivity index (χ3v) is 4.70. The van der Waals surface area contributed by atoms with E-state index in [1.54, 1.807) is 17.0 Å². The smallest absolute Gasteiger partial charge is 0.247 e. The van der Waals surface area contributed by atoms with Crippen molar-refractivity contribution in [2.75, 3.05) is 38.0 Å². The molecule has 2 aromatic rings. The highest BCUT2D eigenvalue weighted by molar-refractivity contribution is 5.97. The minimum Gasteiger partial charge on any atom is -0.363 e. The maximum absolute atomic E-state index is 12.7. The molecule has 1 aromatic carbocycles. The number of hydrogen-bond acceptors (Lipinski definition) is 5. The van der Waals surface area contributed by atoms with Gasteiger partial charge in [-0.1, -0.05) is 41.9 Å². The number of carbonyl (C=O) groups is 2. The molecule has 2 amide bonds. The van der Waals surface area contributed by atoms with Crippen molar-refractivity contribution < 1.29 is 14.1 Å². The molecule has 3 rings (SSSR count). The predicted molar refractivity (Wildman–Crippen MR) is 107 cm³/mol. The van der Waals surface area contributed by atoms with E-state index in [1.807, 2.05) is 30.3 Å². The predicted octanol–water partition coefficient (Wildman–Crippen LogP) is 2.64. The van der Waals surface area contributed by atoms with Gasteiger partial charge in [0, 0.05) is 25.2 Å². The highest BCUT2D eigenvalue weighted by atomic mass is 16.5. The van der Waals surface area contributed by atoms with Gasteiger partial charge in [0.05, 0.1) is 0 Å². The minimum atomic E-state index is -0.297. The Labute approximate surface area is 165 Å². The third-order valence-electron chi connectivity index (χ3n) is 4.70. The maximum atomic E-state index is 12.7. The van der Waals surface area contributed by atoms with Crippen LogP contribution in [0.4, 0.5) is 5.82 Å². The summed E-state index contributed by atoms with van der Waals surface area (Å²) in [6.45, 7) is 3.34. The van der Waals surface area contributed by atoms with Crippen molar-refractivity contribution in [1.29, 1.82) is 0 Å². The molecule has 0 saturated carbocycles. The van der Waals surface area contributed by atoms with Crippen LogP contribution in [0.5, 0.6) is 0 Å². The van der Waals surface area contributed by atoms with Crippen LogP contribution >= 0.6 is 0 Å². The van der Waals surface area contributed by atoms with Gasteiger partial charge in [-0.2, -0.15) is 0 Å². The summed E-state index contributed by atoms with van der Waals surface area (Å²) in [6, 6.07) is 11.2. The molecule has 0 atom stereocenters. The normalized spacial score (nSPS) is 14.9. The Morgan fingerprint density at radius 1 is 1.14 bits per heavy atom. The van der Waals surface area contributed by atoms with E-state index in [-0.39, 0.29) is 18.4 Å². The third kappa shape index (κ3) is 6.35. The van der Waals surface area contributed by atoms with Crippen molar-refractivity contribution in [2.45, 2.75) is 19.3 Å². The van der Waals surface area contributed by atoms with E-state index in [0.717, 1.165) is 25.2 Å². The monoisotopic (exact) mass is 382 g/mol. The molecule has 7 nitrogen and oxygen atoms in total. The second-order valence-corrected chi connectivity index (χ2v) is 6.84. The van der Waals surface area contributed by atoms with Crippen LogP contribution in [0.25, 0.3) is 6.08 Å². The number of benzene rings is 1. The highest BCUT2D eigenvalue weighted by Gasteiger charge is 2.18. The second-order valence-electron chi connectivity index (χ2n) is 6.84. The second kappa shape index (κ2) is 10.4. The summed E-state index contributed by atoms with van der Waals surface area (Å²) in [6.07, 6.45) is 8.32. The van der Waals surface area contributed by atoms with E-state index in [0.29, 0.717) is 12.4 Å². The summed E-state index contributed by atoms with van der Waals surface area (Å²) in [7, 11) is 0. The molecule has 0 unspecified atom stereocenters. The standard InChI is InChI=1S/C21H26N4O3/c26-20(22-19-11-16-28-23-19)17-25(15-14-24-12-5-2-6-13-24)21(27)10-9-18-7-3-1-4-8-18/h1,3-4,7-11,16H,2,5-6,12-15,17H2,(H,22,23,26). The lowest BCUT2D eigenvalue weighted by Gasteiger charge is -2.29. The number of amides is 2. The van der Waals surface area contributed by atoms with Crippen LogP contribution in [0, 0.1) is 0 Å². The summed E-state index contributed by atoms with van der Waals surface area (Å²) >= 11 is 0. The fraction of sp³-hybridized carbons (Fsp3) is 0.381. The van der Waals surface area contributed by atoms with E-state index in [9.17, 15) is 9.59 Å². The van der Waals surface area contributed by atoms with Gasteiger partial charge in [-0.15, -0.1) is 0 Å². The molecule has 28 heavy (non-hydrogen) atoms. The summed E-state index contributed by atoms with van der Waals surface area (Å²) < 4.78 is 4.72. The van der Waals surface area contributed by atoms with E-state index in [1.165, 1.54) is 31.6 Å². The number of piperidine rings is 1. The molecule has 0 aliphatic carbocycles. The number of aromatic nitrogens is 1. The van der Waals surface area contributed by atoms with Crippen LogP contribution in [-0.2, 0) is 9.59 Å². The molecule has 0 spiro atoms. The Morgan fingerprint density at radius 3 is 2.64 bits per heavy atom. The van der Waals surface area contributed by atoms with Crippen LogP contribution in [-0.4, -0.2) is 59.5 Å². The van der Waals surface area contributed by atoms with Gasteiger partial charge in [0.2, 0.25) is 11.8 Å². The van der Waals surface area contributed by atoms with Crippen molar-refractivity contribution in [3.63, 3.8) is 0 Å². The van der Waals surface area contributed by atoms with Gasteiger partial charge in [0.1, 0.15) is 12.8 Å². The molecular formula is C21H26N4O3. The van der Waals surface area contributed by atoms with Gasteiger partial charge in [-0.3, -0.25) is 9.59 Å². The SMILES string of the molecule is O=C(CN(CCN1CCCCC1)C(=O)C=Cc1ccccc1)Nc1ccon1. The van der Waals surface area contributed by atoms with E-state index < -0.39 is 0 Å². The maximum Gasteiger partial charge on any atom is 0.247 e. The van der Waals surface area contributed by atoms with Crippen LogP contribution in [0.3, 0.4) is 0 Å². The minimum absolute atomic E-state index is 0.0291. The zero-order chi connectivity index (χ0) is 19.6. The molecule has 1 aliphatic rings. The number of likely N-dealkylation sites (tertiary alicyclic amines) is 1. The Morgan fingerprint density at radius 2 is 1.93 bits per heavy atom. The molecule has 1 saturated heterocycles. The number of nitrogens with one attached hydrogen (secondary N) is 1. The molecule has 0 bridgehead atoms. The Hall–Kier alpha value is -2.93. The number of hydrogen-bond donors (Lipinski definition) is 1. The van der Waals surface area contributed by atoms with Crippen molar-refractivity contribution in [1.82, 2.24) is 15.0 Å². The number of anilines is 1. The van der Waals surface area contributed by atoms with Crippen LogP contribution in [0.1, 0.15) is 24.8 Å². The number of rotatable bonds is 8. The van der Waals surface area contributed by atoms with Crippen molar-refractivity contribution in [3.05, 3.63) is 54.3 Å². The molecular weight excluding hydrogens is 356 g/mol. The first-order valence-corrected chi connectivity index (χ1v) is 9.65. The van der Waals surface area contributed by atoms with Gasteiger partial charge < -0.3 is 19.6 Å². The first kappa shape index (κ1) is 19.8. The van der Waals surface area contributed by atoms with E-state index in [4.69, 9.17) is 4.52 Å². The van der Waals surface area contributed by atoms with Gasteiger partial charge in [0.15, 0.2) is 5.82 Å². The molecule has 1 aliphatic heterocycles. The van der Waals surface area contributed by atoms with Crippen LogP contribution < -0.4 is 5.32 Å². The Bertz CT molecular complexity index is 768. The number of nitrogens with zero attached hydrogens (tertiary/aromatic N) is 3. The lowest BCUT2D eigenvalue weighted by molar-refractivity contribution is -0.130. The first-order valence-electron chi connectivity index (χ1n) is 9.65. The largest absolute Gasteiger partial charge is 0.363 e. The fourth-order valence-corrected chi connectivity index (χ4v) is 3.18. The zero-order valence-corrected chi connectivity index (χ0v) is 15.9. The fourth-order valence-electron chi connectivity index (χ4n) is 3.18. The summed E-state index contributed by atoms with van der Waals surface area (Å²) in [5, 5.41) is 6.31. The topological polar surface area (TPSA) is 78.7 Å². The summed E-state index contributed by atoms with van der Waals surface area (Å²) in [5.74, 6) is -0.140. The molecule has 7 heteroatoms. The molecule has 1 fully saturated rings. The molecule has 2 heterocycles. The van der Waals surface area contributed by atoms with Gasteiger partial charge in [-0.05, 0) is 37.6 Å². The molecule has 1 N–H and O–H groups in total. The van der Waals surface area contributed by atoms with E-state index >= 15 is 0 Å². The van der Waals surface area contributed by atoms with Crippen LogP contribution in [0.15, 0.2) is 53.3 Å². The lowest BCUT2D eigenvalue weighted by Crippen LogP contribution is -2.43. The van der Waals surface area contributed by atoms with Crippen molar-refractivity contribution in [3.8, 4) is 0 Å². The van der Waals surface area contributed by atoms with Gasteiger partial charge >= 0.3 is 0 Å². The van der Waals surface area contributed by atoms with Gasteiger partial charge in [0.25, 0.3) is 0 Å². The molecule has 1 aromatic heterocycles. The highest BCUT2D eigenvalue weighted by Crippen LogP contribution is 2.09. The zero-order valence-electron chi connectivity index (χ0n) is 15.9. The first-order chi connectivity index (χ1) is 13.7. The van der Waals surface area contributed by atoms with Crippen LogP contribution in [0.2, 0.25) is 0 Å². The average Bonchev–Trinajstić information content (AvgIpc) is 3.23. The molecule has 0 radical (unpaired) electrons. The van der Waals surface area contributed by atoms with Crippen molar-refractivity contribution >= 4 is 23.7 Å². The Kier molecular flexibility index (Phi) is 7.37. The van der Waals surface area contributed by atoms with Crippen molar-refractivity contribution in [2.24, 2.45) is 0 Å². The lowest BCUT2D eigenvalue weighted by atomic mass is 10.1. The quantitative estimate of drug-likeness (QED) is 0.710. The number of carbonyl (C=O) groups excluding carboxylic acids is 2. The Balaban J connectivity index is 1.61.